The van der Waals surface area contributed by atoms with Crippen LogP contribution < -0.4 is 16.1 Å². The molecule has 1 aliphatic heterocycles. The molecule has 0 N–H and O–H groups in total. The highest BCUT2D eigenvalue weighted by Crippen LogP contribution is 2.20. The van der Waals surface area contributed by atoms with E-state index in [-0.39, 0.29) is 11.3 Å². The molecule has 2 aromatic rings. The molecule has 0 radical (unpaired) electrons. The predicted octanol–water partition coefficient (Wildman–Crippen LogP) is 0.706. The van der Waals surface area contributed by atoms with Crippen LogP contribution in [0, 0.1) is 6.92 Å². The Morgan fingerprint density at radius 3 is 2.18 bits per heavy atom. The summed E-state index contributed by atoms with van der Waals surface area (Å²) in [6.45, 7) is 5.07. The van der Waals surface area contributed by atoms with Crippen LogP contribution in [0.5, 0.6) is 0 Å². The highest BCUT2D eigenvalue weighted by Gasteiger charge is 2.29. The molecule has 2 heterocycles. The van der Waals surface area contributed by atoms with Gasteiger partial charge in [-0.1, -0.05) is 25.1 Å². The fraction of sp³-hybridized carbons (Fsp3) is 0.474. The Hall–Kier alpha value is -2.39. The van der Waals surface area contributed by atoms with Crippen molar-refractivity contribution in [3.63, 3.8) is 0 Å². The molecule has 0 bridgehead atoms. The number of para-hydroxylation sites is 1. The van der Waals surface area contributed by atoms with Gasteiger partial charge in [0.15, 0.2) is 0 Å². The van der Waals surface area contributed by atoms with Crippen LogP contribution in [-0.2, 0) is 17.1 Å². The monoisotopic (exact) mass is 406 g/mol. The highest BCUT2D eigenvalue weighted by atomic mass is 32.2. The molecule has 8 nitrogen and oxygen atoms in total. The minimum atomic E-state index is -3.26. The third kappa shape index (κ3) is 3.64. The quantitative estimate of drug-likeness (QED) is 0.730. The van der Waals surface area contributed by atoms with E-state index in [9.17, 15) is 18.0 Å². The smallest absolute Gasteiger partial charge is 0.335 e. The Bertz CT molecular complexity index is 1070. The third-order valence-electron chi connectivity index (χ3n) is 5.09. The minimum Gasteiger partial charge on any atom is -0.363 e. The molecule has 0 spiro atoms. The van der Waals surface area contributed by atoms with Crippen molar-refractivity contribution < 1.29 is 8.42 Å². The number of anilines is 1. The van der Waals surface area contributed by atoms with Crippen LogP contribution >= 0.6 is 0 Å². The maximum atomic E-state index is 12.9. The Kier molecular flexibility index (Phi) is 5.76. The number of piperazine rings is 1. The van der Waals surface area contributed by atoms with Gasteiger partial charge in [0.2, 0.25) is 10.0 Å². The Balaban J connectivity index is 1.99. The van der Waals surface area contributed by atoms with Gasteiger partial charge in [-0.25, -0.2) is 13.2 Å². The van der Waals surface area contributed by atoms with Crippen LogP contribution in [0.15, 0.2) is 39.9 Å². The van der Waals surface area contributed by atoms with E-state index >= 15 is 0 Å². The van der Waals surface area contributed by atoms with E-state index in [2.05, 4.69) is 0 Å². The van der Waals surface area contributed by atoms with Crippen LogP contribution in [0.4, 0.5) is 5.69 Å². The first-order valence-corrected chi connectivity index (χ1v) is 11.0. The summed E-state index contributed by atoms with van der Waals surface area (Å²) in [5.41, 5.74) is 0.926. The average Bonchev–Trinajstić information content (AvgIpc) is 2.68. The largest absolute Gasteiger partial charge is 0.363 e. The lowest BCUT2D eigenvalue weighted by Gasteiger charge is -2.36. The summed E-state index contributed by atoms with van der Waals surface area (Å²) in [5.74, 6) is 0.132. The van der Waals surface area contributed by atoms with Crippen molar-refractivity contribution in [2.75, 3.05) is 36.8 Å². The van der Waals surface area contributed by atoms with E-state index in [1.165, 1.54) is 15.9 Å². The number of aromatic nitrogens is 2. The van der Waals surface area contributed by atoms with Gasteiger partial charge in [0.25, 0.3) is 5.56 Å². The normalized spacial score (nSPS) is 15.8. The van der Waals surface area contributed by atoms with Crippen molar-refractivity contribution in [3.8, 4) is 5.69 Å². The molecule has 0 atom stereocenters. The summed E-state index contributed by atoms with van der Waals surface area (Å²) in [6.07, 6.45) is 0.574. The fourth-order valence-electron chi connectivity index (χ4n) is 3.62. The van der Waals surface area contributed by atoms with Crippen LogP contribution in [0.25, 0.3) is 5.69 Å². The van der Waals surface area contributed by atoms with Crippen LogP contribution in [0.3, 0.4) is 0 Å². The number of benzene rings is 1. The molecule has 1 aliphatic rings. The first-order chi connectivity index (χ1) is 13.3. The lowest BCUT2D eigenvalue weighted by atomic mass is 10.2. The Labute approximate surface area is 164 Å². The molecule has 28 heavy (non-hydrogen) atoms. The maximum absolute atomic E-state index is 12.9. The molecule has 0 unspecified atom stereocenters. The number of hydrogen-bond donors (Lipinski definition) is 0. The Morgan fingerprint density at radius 1 is 1.00 bits per heavy atom. The van der Waals surface area contributed by atoms with Gasteiger partial charge in [-0.05, 0) is 25.5 Å². The van der Waals surface area contributed by atoms with Crippen LogP contribution in [0.1, 0.15) is 19.0 Å². The number of rotatable bonds is 5. The second-order valence-corrected chi connectivity index (χ2v) is 9.04. The van der Waals surface area contributed by atoms with Crippen molar-refractivity contribution in [3.05, 3.63) is 56.9 Å². The van der Waals surface area contributed by atoms with E-state index in [1.54, 1.807) is 6.92 Å². The molecule has 1 saturated heterocycles. The van der Waals surface area contributed by atoms with Gasteiger partial charge in [0, 0.05) is 33.2 Å². The zero-order valence-electron chi connectivity index (χ0n) is 16.5. The van der Waals surface area contributed by atoms with Crippen molar-refractivity contribution in [1.29, 1.82) is 0 Å². The van der Waals surface area contributed by atoms with Crippen LogP contribution in [-0.4, -0.2) is 53.8 Å². The van der Waals surface area contributed by atoms with E-state index in [1.807, 2.05) is 42.2 Å². The molecular weight excluding hydrogens is 380 g/mol. The standard InChI is InChI=1S/C19H26N4O4S/c1-4-14-28(26,27)22-12-10-21(11-13-22)17-15(2)23(16-8-6-5-7-9-16)19(25)20(3)18(17)24/h5-9H,4,10-14H2,1-3H3. The lowest BCUT2D eigenvalue weighted by Crippen LogP contribution is -2.52. The van der Waals surface area contributed by atoms with Crippen molar-refractivity contribution in [2.45, 2.75) is 20.3 Å². The summed E-state index contributed by atoms with van der Waals surface area (Å²) in [4.78, 5) is 27.5. The maximum Gasteiger partial charge on any atom is 0.335 e. The number of hydrogen-bond acceptors (Lipinski definition) is 5. The summed E-state index contributed by atoms with van der Waals surface area (Å²) in [5, 5.41) is 0. The molecule has 152 valence electrons. The SMILES string of the molecule is CCCS(=O)(=O)N1CCN(c2c(C)n(-c3ccccc3)c(=O)n(C)c2=O)CC1. The van der Waals surface area contributed by atoms with Crippen LogP contribution in [0.2, 0.25) is 0 Å². The van der Waals surface area contributed by atoms with Gasteiger partial charge in [0.05, 0.1) is 17.1 Å². The van der Waals surface area contributed by atoms with E-state index in [4.69, 9.17) is 0 Å². The zero-order valence-corrected chi connectivity index (χ0v) is 17.3. The topological polar surface area (TPSA) is 84.6 Å². The molecule has 9 heteroatoms. The van der Waals surface area contributed by atoms with Crippen molar-refractivity contribution >= 4 is 15.7 Å². The van der Waals surface area contributed by atoms with Gasteiger partial charge in [-0.15, -0.1) is 0 Å². The summed E-state index contributed by atoms with van der Waals surface area (Å²) < 4.78 is 28.7. The van der Waals surface area contributed by atoms with Crippen molar-refractivity contribution in [1.82, 2.24) is 13.4 Å². The minimum absolute atomic E-state index is 0.132. The van der Waals surface area contributed by atoms with E-state index in [0.29, 0.717) is 49.7 Å². The van der Waals surface area contributed by atoms with Gasteiger partial charge < -0.3 is 4.90 Å². The predicted molar refractivity (Wildman–Crippen MR) is 110 cm³/mol. The lowest BCUT2D eigenvalue weighted by molar-refractivity contribution is 0.383. The third-order valence-corrected chi connectivity index (χ3v) is 7.16. The van der Waals surface area contributed by atoms with Gasteiger partial charge >= 0.3 is 5.69 Å². The van der Waals surface area contributed by atoms with Gasteiger partial charge in [-0.2, -0.15) is 4.31 Å². The summed E-state index contributed by atoms with van der Waals surface area (Å²) in [6, 6.07) is 9.17. The first-order valence-electron chi connectivity index (χ1n) is 9.38. The molecule has 0 aliphatic carbocycles. The highest BCUT2D eigenvalue weighted by molar-refractivity contribution is 7.89. The molecule has 0 amide bonds. The summed E-state index contributed by atoms with van der Waals surface area (Å²) >= 11 is 0. The van der Waals surface area contributed by atoms with E-state index < -0.39 is 15.7 Å². The second-order valence-electron chi connectivity index (χ2n) is 6.95. The second kappa shape index (κ2) is 7.92. The molecular formula is C19H26N4O4S. The molecule has 3 rings (SSSR count). The Morgan fingerprint density at radius 2 is 1.61 bits per heavy atom. The van der Waals surface area contributed by atoms with E-state index in [0.717, 1.165) is 4.57 Å². The fourth-order valence-corrected chi connectivity index (χ4v) is 5.12. The molecule has 1 aromatic heterocycles. The average molecular weight is 407 g/mol. The number of sulfonamides is 1. The summed E-state index contributed by atoms with van der Waals surface area (Å²) in [7, 11) is -1.79. The molecule has 1 aromatic carbocycles. The molecule has 1 fully saturated rings. The van der Waals surface area contributed by atoms with Crippen molar-refractivity contribution in [2.24, 2.45) is 7.05 Å². The molecule has 0 saturated carbocycles. The first kappa shape index (κ1) is 20.3. The van der Waals surface area contributed by atoms with Gasteiger partial charge in [-0.3, -0.25) is 13.9 Å². The van der Waals surface area contributed by atoms with Gasteiger partial charge in [0.1, 0.15) is 5.69 Å². The zero-order chi connectivity index (χ0) is 20.5. The number of nitrogens with zero attached hydrogens (tertiary/aromatic N) is 4.